The van der Waals surface area contributed by atoms with Gasteiger partial charge in [0, 0.05) is 37.1 Å². The molecule has 1 amide bonds. The SMILES string of the molecule is COc1cc(Nc2nccc(-c3cnc(C)n3C(C)C)n2)ccc1C(=O)N1CCOCC1. The number of imidazole rings is 1. The summed E-state index contributed by atoms with van der Waals surface area (Å²) in [5, 5.41) is 3.21. The van der Waals surface area contributed by atoms with Crippen LogP contribution >= 0.6 is 0 Å². The van der Waals surface area contributed by atoms with E-state index in [1.807, 2.05) is 25.3 Å². The third kappa shape index (κ3) is 4.43. The van der Waals surface area contributed by atoms with Gasteiger partial charge in [0.2, 0.25) is 5.95 Å². The molecule has 9 heteroatoms. The Bertz CT molecular complexity index is 1100. The van der Waals surface area contributed by atoms with Crippen molar-refractivity contribution in [3.63, 3.8) is 0 Å². The van der Waals surface area contributed by atoms with Crippen LogP contribution in [0.4, 0.5) is 11.6 Å². The van der Waals surface area contributed by atoms with E-state index >= 15 is 0 Å². The fraction of sp³-hybridized carbons (Fsp3) is 0.391. The number of aromatic nitrogens is 4. The number of nitrogens with zero attached hydrogens (tertiary/aromatic N) is 5. The maximum Gasteiger partial charge on any atom is 0.257 e. The molecule has 4 rings (SSSR count). The van der Waals surface area contributed by atoms with Gasteiger partial charge >= 0.3 is 0 Å². The summed E-state index contributed by atoms with van der Waals surface area (Å²) in [5.41, 5.74) is 2.96. The number of carbonyl (C=O) groups excluding carboxylic acids is 1. The van der Waals surface area contributed by atoms with Crippen molar-refractivity contribution in [1.82, 2.24) is 24.4 Å². The van der Waals surface area contributed by atoms with Crippen LogP contribution in [0, 0.1) is 6.92 Å². The van der Waals surface area contributed by atoms with Gasteiger partial charge in [0.1, 0.15) is 11.6 Å². The van der Waals surface area contributed by atoms with Gasteiger partial charge in [0.25, 0.3) is 5.91 Å². The van der Waals surface area contributed by atoms with Gasteiger partial charge in [-0.05, 0) is 39.0 Å². The quantitative estimate of drug-likeness (QED) is 0.632. The average molecular weight is 437 g/mol. The van der Waals surface area contributed by atoms with Gasteiger partial charge < -0.3 is 24.3 Å². The summed E-state index contributed by atoms with van der Waals surface area (Å²) in [6.07, 6.45) is 3.54. The molecule has 0 aliphatic carbocycles. The summed E-state index contributed by atoms with van der Waals surface area (Å²) >= 11 is 0. The number of amides is 1. The lowest BCUT2D eigenvalue weighted by Gasteiger charge is -2.27. The molecule has 9 nitrogen and oxygen atoms in total. The van der Waals surface area contributed by atoms with Crippen molar-refractivity contribution in [1.29, 1.82) is 0 Å². The normalized spacial score (nSPS) is 14.0. The minimum Gasteiger partial charge on any atom is -0.496 e. The zero-order valence-electron chi connectivity index (χ0n) is 18.8. The Morgan fingerprint density at radius 2 is 1.97 bits per heavy atom. The monoisotopic (exact) mass is 436 g/mol. The summed E-state index contributed by atoms with van der Waals surface area (Å²) in [4.78, 5) is 28.1. The summed E-state index contributed by atoms with van der Waals surface area (Å²) in [7, 11) is 1.56. The Morgan fingerprint density at radius 1 is 1.19 bits per heavy atom. The molecule has 0 spiro atoms. The first-order valence-electron chi connectivity index (χ1n) is 10.7. The molecule has 1 aliphatic heterocycles. The minimum atomic E-state index is -0.0627. The number of ether oxygens (including phenoxy) is 2. The Balaban J connectivity index is 1.57. The number of rotatable bonds is 6. The van der Waals surface area contributed by atoms with Gasteiger partial charge in [0.05, 0.1) is 43.5 Å². The summed E-state index contributed by atoms with van der Waals surface area (Å²) < 4.78 is 13.0. The number of hydrogen-bond acceptors (Lipinski definition) is 7. The molecule has 0 atom stereocenters. The van der Waals surface area contributed by atoms with Crippen molar-refractivity contribution < 1.29 is 14.3 Å². The van der Waals surface area contributed by atoms with Crippen LogP contribution in [-0.4, -0.2) is 63.7 Å². The molecular weight excluding hydrogens is 408 g/mol. The van der Waals surface area contributed by atoms with Crippen LogP contribution in [0.1, 0.15) is 36.1 Å². The number of morpholine rings is 1. The molecular formula is C23H28N6O3. The first-order chi connectivity index (χ1) is 15.5. The van der Waals surface area contributed by atoms with Gasteiger partial charge in [-0.3, -0.25) is 4.79 Å². The van der Waals surface area contributed by atoms with Crippen molar-refractivity contribution in [3.8, 4) is 17.1 Å². The van der Waals surface area contributed by atoms with Crippen LogP contribution in [0.3, 0.4) is 0 Å². The third-order valence-electron chi connectivity index (χ3n) is 5.40. The second kappa shape index (κ2) is 9.35. The van der Waals surface area contributed by atoms with E-state index in [0.29, 0.717) is 43.6 Å². The largest absolute Gasteiger partial charge is 0.496 e. The predicted molar refractivity (Wildman–Crippen MR) is 121 cm³/mol. The summed E-state index contributed by atoms with van der Waals surface area (Å²) in [6.45, 7) is 8.47. The van der Waals surface area contributed by atoms with E-state index in [-0.39, 0.29) is 11.9 Å². The molecule has 0 bridgehead atoms. The average Bonchev–Trinajstić information content (AvgIpc) is 3.21. The molecule has 1 N–H and O–H groups in total. The zero-order chi connectivity index (χ0) is 22.7. The topological polar surface area (TPSA) is 94.4 Å². The zero-order valence-corrected chi connectivity index (χ0v) is 18.8. The molecule has 168 valence electrons. The number of carbonyl (C=O) groups is 1. The molecule has 3 aromatic rings. The maximum atomic E-state index is 12.9. The van der Waals surface area contributed by atoms with E-state index in [1.165, 1.54) is 0 Å². The van der Waals surface area contributed by atoms with E-state index in [4.69, 9.17) is 9.47 Å². The van der Waals surface area contributed by atoms with Gasteiger partial charge in [0.15, 0.2) is 0 Å². The van der Waals surface area contributed by atoms with Crippen LogP contribution in [0.15, 0.2) is 36.7 Å². The molecule has 0 saturated carbocycles. The second-order valence-electron chi connectivity index (χ2n) is 7.86. The van der Waals surface area contributed by atoms with Gasteiger partial charge in [-0.2, -0.15) is 0 Å². The highest BCUT2D eigenvalue weighted by Crippen LogP contribution is 2.28. The maximum absolute atomic E-state index is 12.9. The standard InChI is InChI=1S/C23H28N6O3/c1-15(2)29-16(3)25-14-20(29)19-7-8-24-23(27-19)26-17-5-6-18(21(13-17)31-4)22(30)28-9-11-32-12-10-28/h5-8,13-15H,9-12H2,1-4H3,(H,24,26,27). The van der Waals surface area contributed by atoms with Crippen molar-refractivity contribution >= 4 is 17.5 Å². The number of aryl methyl sites for hydroxylation is 1. The molecule has 0 unspecified atom stereocenters. The molecule has 2 aromatic heterocycles. The summed E-state index contributed by atoms with van der Waals surface area (Å²) in [5.74, 6) is 1.82. The van der Waals surface area contributed by atoms with Crippen molar-refractivity contribution in [2.75, 3.05) is 38.7 Å². The number of methoxy groups -OCH3 is 1. The van der Waals surface area contributed by atoms with Crippen LogP contribution in [0.2, 0.25) is 0 Å². The first-order valence-corrected chi connectivity index (χ1v) is 10.7. The van der Waals surface area contributed by atoms with E-state index in [0.717, 1.165) is 22.9 Å². The molecule has 1 aliphatic rings. The Morgan fingerprint density at radius 3 is 2.69 bits per heavy atom. The summed E-state index contributed by atoms with van der Waals surface area (Å²) in [6, 6.07) is 7.51. The van der Waals surface area contributed by atoms with Crippen LogP contribution < -0.4 is 10.1 Å². The number of anilines is 2. The predicted octanol–water partition coefficient (Wildman–Crippen LogP) is 3.45. The second-order valence-corrected chi connectivity index (χ2v) is 7.86. The number of hydrogen-bond donors (Lipinski definition) is 1. The minimum absolute atomic E-state index is 0.0627. The lowest BCUT2D eigenvalue weighted by atomic mass is 10.1. The lowest BCUT2D eigenvalue weighted by Crippen LogP contribution is -2.40. The Hall–Kier alpha value is -3.46. The number of nitrogens with one attached hydrogen (secondary N) is 1. The van der Waals surface area contributed by atoms with E-state index in [1.54, 1.807) is 30.3 Å². The van der Waals surface area contributed by atoms with E-state index in [9.17, 15) is 4.79 Å². The van der Waals surface area contributed by atoms with Crippen LogP contribution in [-0.2, 0) is 4.74 Å². The molecule has 3 heterocycles. The Labute approximate surface area is 187 Å². The van der Waals surface area contributed by atoms with Crippen LogP contribution in [0.25, 0.3) is 11.4 Å². The molecule has 1 saturated heterocycles. The lowest BCUT2D eigenvalue weighted by molar-refractivity contribution is 0.0301. The van der Waals surface area contributed by atoms with Crippen molar-refractivity contribution in [2.45, 2.75) is 26.8 Å². The van der Waals surface area contributed by atoms with Crippen LogP contribution in [0.5, 0.6) is 5.75 Å². The van der Waals surface area contributed by atoms with Crippen molar-refractivity contribution in [2.24, 2.45) is 0 Å². The molecule has 32 heavy (non-hydrogen) atoms. The first kappa shape index (κ1) is 21.8. The molecule has 1 aromatic carbocycles. The van der Waals surface area contributed by atoms with E-state index in [2.05, 4.69) is 38.7 Å². The van der Waals surface area contributed by atoms with Gasteiger partial charge in [-0.15, -0.1) is 0 Å². The van der Waals surface area contributed by atoms with Crippen molar-refractivity contribution in [3.05, 3.63) is 48.0 Å². The molecule has 1 fully saturated rings. The van der Waals surface area contributed by atoms with Gasteiger partial charge in [-0.25, -0.2) is 15.0 Å². The fourth-order valence-electron chi connectivity index (χ4n) is 3.87. The highest BCUT2D eigenvalue weighted by atomic mass is 16.5. The molecule has 0 radical (unpaired) electrons. The highest BCUT2D eigenvalue weighted by Gasteiger charge is 2.22. The Kier molecular flexibility index (Phi) is 6.36. The smallest absolute Gasteiger partial charge is 0.257 e. The van der Waals surface area contributed by atoms with Gasteiger partial charge in [-0.1, -0.05) is 0 Å². The van der Waals surface area contributed by atoms with E-state index < -0.39 is 0 Å². The highest BCUT2D eigenvalue weighted by molar-refractivity contribution is 5.97. The third-order valence-corrected chi connectivity index (χ3v) is 5.40. The number of benzene rings is 1. The fourth-order valence-corrected chi connectivity index (χ4v) is 3.87.